The highest BCUT2D eigenvalue weighted by Gasteiger charge is 2.45. The summed E-state index contributed by atoms with van der Waals surface area (Å²) in [6.45, 7) is 5.75. The van der Waals surface area contributed by atoms with Crippen LogP contribution in [-0.2, 0) is 0 Å². The summed E-state index contributed by atoms with van der Waals surface area (Å²) in [5.74, 6) is 0. The topological polar surface area (TPSA) is 50.8 Å². The van der Waals surface area contributed by atoms with Crippen LogP contribution >= 0.6 is 11.3 Å². The molecule has 3 heterocycles. The lowest BCUT2D eigenvalue weighted by molar-refractivity contribution is 0.380. The third-order valence-electron chi connectivity index (χ3n) is 6.61. The van der Waals surface area contributed by atoms with Crippen molar-refractivity contribution in [1.82, 2.24) is 4.90 Å². The van der Waals surface area contributed by atoms with Crippen LogP contribution < -0.4 is 9.06 Å². The molecule has 0 unspecified atom stereocenters. The van der Waals surface area contributed by atoms with Crippen LogP contribution in [0.5, 0.6) is 0 Å². The second-order valence-electron chi connectivity index (χ2n) is 8.65. The van der Waals surface area contributed by atoms with Gasteiger partial charge in [-0.05, 0) is 49.0 Å². The quantitative estimate of drug-likeness (QED) is 0.675. The van der Waals surface area contributed by atoms with Gasteiger partial charge in [-0.1, -0.05) is 44.2 Å². The van der Waals surface area contributed by atoms with E-state index in [0.717, 1.165) is 32.8 Å². The lowest BCUT2D eigenvalue weighted by Crippen LogP contribution is -2.25. The van der Waals surface area contributed by atoms with E-state index < -0.39 is 0 Å². The molecule has 3 aliphatic rings. The molecule has 0 N–H and O–H groups in total. The molecule has 2 aromatic rings. The Morgan fingerprint density at radius 2 is 1.87 bits per heavy atom. The van der Waals surface area contributed by atoms with Gasteiger partial charge in [0.15, 0.2) is 0 Å². The van der Waals surface area contributed by atoms with E-state index in [1.54, 1.807) is 5.57 Å². The lowest BCUT2D eigenvalue weighted by atomic mass is 9.79. The lowest BCUT2D eigenvalue weighted by Gasteiger charge is -2.31. The summed E-state index contributed by atoms with van der Waals surface area (Å²) >= 11 is 1.54. The molecular formula is C26H23N3S. The number of fused-ring (bicyclic) bond motifs is 1. The molecule has 0 atom stereocenters. The van der Waals surface area contributed by atoms with Crippen LogP contribution in [0.25, 0.3) is 22.4 Å². The maximum atomic E-state index is 9.39. The van der Waals surface area contributed by atoms with Crippen molar-refractivity contribution in [1.29, 1.82) is 10.5 Å². The van der Waals surface area contributed by atoms with Crippen molar-refractivity contribution in [2.45, 2.75) is 39.5 Å². The average molecular weight is 410 g/mol. The predicted molar refractivity (Wildman–Crippen MR) is 122 cm³/mol. The number of nitrogens with zero attached hydrogens (tertiary/aromatic N) is 3. The first-order valence-electron chi connectivity index (χ1n) is 10.5. The molecule has 1 saturated heterocycles. The largest absolute Gasteiger partial charge is 0.344 e. The van der Waals surface area contributed by atoms with Gasteiger partial charge >= 0.3 is 0 Å². The molecule has 1 fully saturated rings. The highest BCUT2D eigenvalue weighted by atomic mass is 32.1. The Bertz CT molecular complexity index is 1350. The zero-order chi connectivity index (χ0) is 20.9. The van der Waals surface area contributed by atoms with Crippen molar-refractivity contribution in [3.8, 4) is 12.1 Å². The van der Waals surface area contributed by atoms with E-state index in [-0.39, 0.29) is 11.0 Å². The minimum absolute atomic E-state index is 0.00563. The summed E-state index contributed by atoms with van der Waals surface area (Å²) in [5, 5.41) is 20.9. The minimum atomic E-state index is -0.00563. The van der Waals surface area contributed by atoms with Crippen LogP contribution in [-0.4, -0.2) is 11.4 Å². The Kier molecular flexibility index (Phi) is 4.42. The SMILES string of the molecule is CC1(C)C2=CCCC3=C2N(CCC3)/C1=C\C=c1/sc(=C(C#N)C#N)c2ccccc12. The van der Waals surface area contributed by atoms with Crippen molar-refractivity contribution < 1.29 is 0 Å². The minimum Gasteiger partial charge on any atom is -0.344 e. The summed E-state index contributed by atoms with van der Waals surface area (Å²) in [5.41, 5.74) is 6.14. The average Bonchev–Trinajstić information content (AvgIpc) is 3.23. The number of hydrogen-bond donors (Lipinski definition) is 0. The number of thiophene rings is 1. The van der Waals surface area contributed by atoms with Crippen LogP contribution in [0.4, 0.5) is 0 Å². The van der Waals surface area contributed by atoms with Gasteiger partial charge in [0.2, 0.25) is 0 Å². The third kappa shape index (κ3) is 2.68. The van der Waals surface area contributed by atoms with Crippen LogP contribution in [0.1, 0.15) is 39.5 Å². The van der Waals surface area contributed by atoms with Crippen LogP contribution in [0.2, 0.25) is 0 Å². The Labute approximate surface area is 180 Å². The summed E-state index contributed by atoms with van der Waals surface area (Å²) in [7, 11) is 0. The molecule has 0 radical (unpaired) electrons. The molecule has 1 aliphatic carbocycles. The highest BCUT2D eigenvalue weighted by molar-refractivity contribution is 7.09. The molecule has 1 aromatic heterocycles. The van der Waals surface area contributed by atoms with Gasteiger partial charge in [0.1, 0.15) is 17.7 Å². The fraction of sp³-hybridized carbons (Fsp3) is 0.308. The highest BCUT2D eigenvalue weighted by Crippen LogP contribution is 2.54. The van der Waals surface area contributed by atoms with Crippen LogP contribution in [0.3, 0.4) is 0 Å². The summed E-state index contributed by atoms with van der Waals surface area (Å²) in [6.07, 6.45) is 11.7. The van der Waals surface area contributed by atoms with Gasteiger partial charge in [-0.3, -0.25) is 0 Å². The molecule has 5 rings (SSSR count). The first kappa shape index (κ1) is 18.9. The molecule has 0 amide bonds. The van der Waals surface area contributed by atoms with Crippen molar-refractivity contribution in [2.75, 3.05) is 6.54 Å². The molecule has 1 aromatic carbocycles. The van der Waals surface area contributed by atoms with E-state index in [2.05, 4.69) is 55.2 Å². The normalized spacial score (nSPS) is 21.5. The van der Waals surface area contributed by atoms with Gasteiger partial charge in [-0.25, -0.2) is 0 Å². The Hall–Kier alpha value is -3.08. The van der Waals surface area contributed by atoms with Gasteiger partial charge in [0, 0.05) is 38.7 Å². The summed E-state index contributed by atoms with van der Waals surface area (Å²) < 4.78 is 1.87. The third-order valence-corrected chi connectivity index (χ3v) is 7.82. The molecular weight excluding hydrogens is 386 g/mol. The molecule has 148 valence electrons. The number of hydrogen-bond acceptors (Lipinski definition) is 4. The van der Waals surface area contributed by atoms with E-state index in [1.165, 1.54) is 47.6 Å². The van der Waals surface area contributed by atoms with E-state index in [9.17, 15) is 10.5 Å². The smallest absolute Gasteiger partial charge is 0.147 e. The monoisotopic (exact) mass is 409 g/mol. The van der Waals surface area contributed by atoms with E-state index >= 15 is 0 Å². The van der Waals surface area contributed by atoms with Gasteiger partial charge < -0.3 is 4.90 Å². The molecule has 2 aliphatic heterocycles. The Balaban J connectivity index is 1.74. The first-order valence-corrected chi connectivity index (χ1v) is 11.3. The van der Waals surface area contributed by atoms with E-state index in [0.29, 0.717) is 0 Å². The second-order valence-corrected chi connectivity index (χ2v) is 9.70. The maximum absolute atomic E-state index is 9.39. The zero-order valence-corrected chi connectivity index (χ0v) is 18.1. The summed E-state index contributed by atoms with van der Waals surface area (Å²) in [4.78, 5) is 2.54. The fourth-order valence-corrected chi connectivity index (χ4v) is 6.34. The van der Waals surface area contributed by atoms with Crippen LogP contribution in [0, 0.1) is 28.1 Å². The fourth-order valence-electron chi connectivity index (χ4n) is 5.21. The Morgan fingerprint density at radius 3 is 2.63 bits per heavy atom. The van der Waals surface area contributed by atoms with Crippen LogP contribution in [0.15, 0.2) is 59.0 Å². The van der Waals surface area contributed by atoms with Gasteiger partial charge in [-0.15, -0.1) is 11.3 Å². The van der Waals surface area contributed by atoms with Crippen molar-refractivity contribution in [3.05, 3.63) is 68.0 Å². The van der Waals surface area contributed by atoms with Gasteiger partial charge in [-0.2, -0.15) is 10.5 Å². The first-order chi connectivity index (χ1) is 14.6. The van der Waals surface area contributed by atoms with Crippen molar-refractivity contribution in [3.63, 3.8) is 0 Å². The number of nitriles is 2. The number of allylic oxidation sites excluding steroid dienone is 5. The molecule has 3 nitrogen and oxygen atoms in total. The molecule has 4 heteroatoms. The van der Waals surface area contributed by atoms with Gasteiger partial charge in [0.05, 0.1) is 4.53 Å². The van der Waals surface area contributed by atoms with E-state index in [4.69, 9.17) is 0 Å². The Morgan fingerprint density at radius 1 is 1.10 bits per heavy atom. The van der Waals surface area contributed by atoms with Crippen molar-refractivity contribution >= 4 is 33.8 Å². The summed E-state index contributed by atoms with van der Waals surface area (Å²) in [6, 6.07) is 12.2. The standard InChI is InChI=1S/C26H23N3S/c1-26(2)21-11-5-7-17-8-6-14-29(24(17)21)23(26)13-12-22-19-9-3-4-10-20(19)25(30-22)18(15-27)16-28/h3-4,9-13H,5-8,14H2,1-2H3/b22-12-,23-13-. The molecule has 0 spiro atoms. The van der Waals surface area contributed by atoms with Gasteiger partial charge in [0.25, 0.3) is 0 Å². The van der Waals surface area contributed by atoms with E-state index in [1.807, 2.05) is 18.2 Å². The zero-order valence-electron chi connectivity index (χ0n) is 17.3. The predicted octanol–water partition coefficient (Wildman–Crippen LogP) is 4.87. The number of rotatable bonds is 1. The molecule has 0 bridgehead atoms. The maximum Gasteiger partial charge on any atom is 0.147 e. The van der Waals surface area contributed by atoms with Crippen molar-refractivity contribution in [2.24, 2.45) is 5.41 Å². The second kappa shape index (κ2) is 7.01. The molecule has 30 heavy (non-hydrogen) atoms. The molecule has 0 saturated carbocycles. The number of benzene rings is 1.